The predicted molar refractivity (Wildman–Crippen MR) is 97.9 cm³/mol. The molecule has 0 aliphatic carbocycles. The van der Waals surface area contributed by atoms with Crippen molar-refractivity contribution in [3.63, 3.8) is 0 Å². The molecule has 132 valence electrons. The van der Waals surface area contributed by atoms with Gasteiger partial charge in [0.25, 0.3) is 0 Å². The highest BCUT2D eigenvalue weighted by Gasteiger charge is 2.20. The molecular weight excluding hydrogens is 330 g/mol. The molecule has 0 saturated carbocycles. The van der Waals surface area contributed by atoms with E-state index in [0.29, 0.717) is 18.8 Å². The van der Waals surface area contributed by atoms with Gasteiger partial charge in [-0.2, -0.15) is 0 Å². The Balaban J connectivity index is 1.34. The van der Waals surface area contributed by atoms with E-state index in [1.54, 1.807) is 24.5 Å². The van der Waals surface area contributed by atoms with Gasteiger partial charge >= 0.3 is 0 Å². The number of amides is 1. The van der Waals surface area contributed by atoms with E-state index in [1.807, 2.05) is 52.2 Å². The van der Waals surface area contributed by atoms with Gasteiger partial charge in [-0.1, -0.05) is 0 Å². The van der Waals surface area contributed by atoms with Crippen LogP contribution in [-0.2, 0) is 4.79 Å². The van der Waals surface area contributed by atoms with Crippen molar-refractivity contribution in [1.29, 1.82) is 0 Å². The predicted octanol–water partition coefficient (Wildman–Crippen LogP) is 2.22. The van der Waals surface area contributed by atoms with Gasteiger partial charge in [0, 0.05) is 44.6 Å². The maximum atomic E-state index is 12.3. The van der Waals surface area contributed by atoms with Crippen molar-refractivity contribution >= 4 is 17.8 Å². The highest BCUT2D eigenvalue weighted by Crippen LogP contribution is 2.15. The third-order valence-corrected chi connectivity index (χ3v) is 4.35. The quantitative estimate of drug-likeness (QED) is 0.676. The Morgan fingerprint density at radius 3 is 2.35 bits per heavy atom. The summed E-state index contributed by atoms with van der Waals surface area (Å²) in [5.74, 6) is 2.29. The summed E-state index contributed by atoms with van der Waals surface area (Å²) in [6, 6.07) is 11.4. The van der Waals surface area contributed by atoms with Crippen molar-refractivity contribution in [2.45, 2.75) is 0 Å². The van der Waals surface area contributed by atoms with E-state index < -0.39 is 0 Å². The van der Waals surface area contributed by atoms with Crippen molar-refractivity contribution in [2.24, 2.45) is 0 Å². The van der Waals surface area contributed by atoms with Crippen LogP contribution in [0.4, 0.5) is 5.82 Å². The third-order valence-electron chi connectivity index (χ3n) is 4.35. The summed E-state index contributed by atoms with van der Waals surface area (Å²) < 4.78 is 7.12. The minimum atomic E-state index is -0.00455. The minimum Gasteiger partial charge on any atom is -0.465 e. The van der Waals surface area contributed by atoms with Crippen molar-refractivity contribution < 1.29 is 9.21 Å². The van der Waals surface area contributed by atoms with Gasteiger partial charge in [-0.25, -0.2) is 0 Å². The number of rotatable bonds is 4. The SMILES string of the molecule is O=C(/C=C/c1ccco1)N1CCN(c2ccc(-n3cccc3)nn2)CC1. The molecule has 1 saturated heterocycles. The van der Waals surface area contributed by atoms with Crippen LogP contribution in [-0.4, -0.2) is 51.8 Å². The van der Waals surface area contributed by atoms with Crippen LogP contribution in [0, 0.1) is 0 Å². The molecule has 4 heterocycles. The zero-order valence-electron chi connectivity index (χ0n) is 14.2. The topological polar surface area (TPSA) is 67.4 Å². The molecule has 0 aromatic carbocycles. The monoisotopic (exact) mass is 349 g/mol. The number of hydrogen-bond donors (Lipinski definition) is 0. The molecule has 3 aromatic heterocycles. The van der Waals surface area contributed by atoms with Gasteiger partial charge in [-0.3, -0.25) is 4.79 Å². The molecule has 1 fully saturated rings. The van der Waals surface area contributed by atoms with Crippen LogP contribution in [0.1, 0.15) is 5.76 Å². The molecule has 1 amide bonds. The van der Waals surface area contributed by atoms with Crippen LogP contribution in [0.5, 0.6) is 0 Å². The smallest absolute Gasteiger partial charge is 0.246 e. The Kier molecular flexibility index (Phi) is 4.51. The first kappa shape index (κ1) is 16.1. The number of hydrogen-bond acceptors (Lipinski definition) is 5. The van der Waals surface area contributed by atoms with Gasteiger partial charge in [-0.05, 0) is 42.5 Å². The number of aromatic nitrogens is 3. The van der Waals surface area contributed by atoms with E-state index in [0.717, 1.165) is 24.7 Å². The molecule has 1 aliphatic heterocycles. The van der Waals surface area contributed by atoms with Crippen LogP contribution in [0.2, 0.25) is 0 Å². The van der Waals surface area contributed by atoms with Gasteiger partial charge in [-0.15, -0.1) is 10.2 Å². The standard InChI is InChI=1S/C19H19N5O2/c25-19(8-5-16-4-3-15-26-16)24-13-11-23(12-14-24)18-7-6-17(20-21-18)22-9-1-2-10-22/h1-10,15H,11-14H2/b8-5+. The van der Waals surface area contributed by atoms with Crippen molar-refractivity contribution in [2.75, 3.05) is 31.1 Å². The molecule has 4 rings (SSSR count). The second kappa shape index (κ2) is 7.26. The maximum Gasteiger partial charge on any atom is 0.246 e. The first-order valence-electron chi connectivity index (χ1n) is 8.52. The molecule has 0 spiro atoms. The Bertz CT molecular complexity index is 861. The zero-order valence-corrected chi connectivity index (χ0v) is 14.2. The molecule has 0 N–H and O–H groups in total. The largest absolute Gasteiger partial charge is 0.465 e. The summed E-state index contributed by atoms with van der Waals surface area (Å²) in [5, 5.41) is 8.60. The fraction of sp³-hybridized carbons (Fsp3) is 0.211. The van der Waals surface area contributed by atoms with Crippen LogP contribution < -0.4 is 4.90 Å². The normalized spacial score (nSPS) is 14.9. The number of piperazine rings is 1. The molecule has 26 heavy (non-hydrogen) atoms. The van der Waals surface area contributed by atoms with Gasteiger partial charge in [0.15, 0.2) is 11.6 Å². The van der Waals surface area contributed by atoms with E-state index >= 15 is 0 Å². The molecule has 3 aromatic rings. The third kappa shape index (κ3) is 3.51. The average molecular weight is 349 g/mol. The number of furan rings is 1. The van der Waals surface area contributed by atoms with E-state index in [4.69, 9.17) is 4.42 Å². The molecule has 7 heteroatoms. The molecule has 0 radical (unpaired) electrons. The summed E-state index contributed by atoms with van der Waals surface area (Å²) in [6.07, 6.45) is 8.71. The Morgan fingerprint density at radius 1 is 0.962 bits per heavy atom. The van der Waals surface area contributed by atoms with Crippen LogP contribution in [0.15, 0.2) is 65.5 Å². The highest BCUT2D eigenvalue weighted by atomic mass is 16.3. The zero-order chi connectivity index (χ0) is 17.8. The van der Waals surface area contributed by atoms with Gasteiger partial charge in [0.05, 0.1) is 6.26 Å². The summed E-state index contributed by atoms with van der Waals surface area (Å²) in [6.45, 7) is 2.78. The van der Waals surface area contributed by atoms with E-state index in [-0.39, 0.29) is 5.91 Å². The van der Waals surface area contributed by atoms with Crippen LogP contribution >= 0.6 is 0 Å². The lowest BCUT2D eigenvalue weighted by Crippen LogP contribution is -2.48. The Labute approximate surface area is 151 Å². The summed E-state index contributed by atoms with van der Waals surface area (Å²) in [7, 11) is 0. The van der Waals surface area contributed by atoms with Crippen molar-refractivity contribution in [1.82, 2.24) is 19.7 Å². The number of carbonyl (C=O) groups excluding carboxylic acids is 1. The molecule has 0 bridgehead atoms. The first-order chi connectivity index (χ1) is 12.8. The maximum absolute atomic E-state index is 12.3. The van der Waals surface area contributed by atoms with Gasteiger partial charge < -0.3 is 18.8 Å². The van der Waals surface area contributed by atoms with Gasteiger partial charge in [0.1, 0.15) is 5.76 Å². The fourth-order valence-corrected chi connectivity index (χ4v) is 2.91. The summed E-state index contributed by atoms with van der Waals surface area (Å²) in [4.78, 5) is 16.2. The number of nitrogens with zero attached hydrogens (tertiary/aromatic N) is 5. The molecular formula is C19H19N5O2. The van der Waals surface area contributed by atoms with E-state index in [1.165, 1.54) is 0 Å². The van der Waals surface area contributed by atoms with Gasteiger partial charge in [0.2, 0.25) is 5.91 Å². The molecule has 0 unspecified atom stereocenters. The lowest BCUT2D eigenvalue weighted by molar-refractivity contribution is -0.126. The lowest BCUT2D eigenvalue weighted by atomic mass is 10.3. The number of carbonyl (C=O) groups is 1. The average Bonchev–Trinajstić information content (AvgIpc) is 3.40. The number of anilines is 1. The fourth-order valence-electron chi connectivity index (χ4n) is 2.91. The van der Waals surface area contributed by atoms with Crippen LogP contribution in [0.3, 0.4) is 0 Å². The Hall–Kier alpha value is -3.35. The van der Waals surface area contributed by atoms with Crippen molar-refractivity contribution in [3.8, 4) is 5.82 Å². The lowest BCUT2D eigenvalue weighted by Gasteiger charge is -2.34. The Morgan fingerprint density at radius 2 is 1.69 bits per heavy atom. The highest BCUT2D eigenvalue weighted by molar-refractivity contribution is 5.91. The molecule has 1 aliphatic rings. The minimum absolute atomic E-state index is 0.00455. The molecule has 0 atom stereocenters. The second-order valence-electron chi connectivity index (χ2n) is 6.00. The summed E-state index contributed by atoms with van der Waals surface area (Å²) in [5.41, 5.74) is 0. The molecule has 7 nitrogen and oxygen atoms in total. The van der Waals surface area contributed by atoms with Crippen molar-refractivity contribution in [3.05, 3.63) is 66.9 Å². The first-order valence-corrected chi connectivity index (χ1v) is 8.52. The second-order valence-corrected chi connectivity index (χ2v) is 6.00. The van der Waals surface area contributed by atoms with E-state index in [2.05, 4.69) is 15.1 Å². The van der Waals surface area contributed by atoms with E-state index in [9.17, 15) is 4.79 Å². The van der Waals surface area contributed by atoms with Crippen LogP contribution in [0.25, 0.3) is 11.9 Å². The summed E-state index contributed by atoms with van der Waals surface area (Å²) >= 11 is 0.